The summed E-state index contributed by atoms with van der Waals surface area (Å²) in [5, 5.41) is 0. The third-order valence-electron chi connectivity index (χ3n) is 5.58. The summed E-state index contributed by atoms with van der Waals surface area (Å²) in [6.07, 6.45) is 0. The number of hydrogen-bond donors (Lipinski definition) is 0. The molecule has 2 saturated heterocycles. The largest absolute Gasteiger partial charge is 0.354 e. The zero-order valence-electron chi connectivity index (χ0n) is 16.7. The average molecular weight is 380 g/mol. The number of amides is 1. The van der Waals surface area contributed by atoms with Crippen molar-refractivity contribution in [2.75, 3.05) is 71.4 Å². The van der Waals surface area contributed by atoms with Gasteiger partial charge in [0.05, 0.1) is 0 Å². The minimum Gasteiger partial charge on any atom is -0.354 e. The molecule has 148 valence electrons. The molecule has 1 aromatic carbocycles. The molecule has 0 bridgehead atoms. The summed E-state index contributed by atoms with van der Waals surface area (Å²) in [4.78, 5) is 31.4. The summed E-state index contributed by atoms with van der Waals surface area (Å²) < 4.78 is 0. The fourth-order valence-corrected chi connectivity index (χ4v) is 3.63. The minimum absolute atomic E-state index is 0.00283. The van der Waals surface area contributed by atoms with Gasteiger partial charge < -0.3 is 19.6 Å². The highest BCUT2D eigenvalue weighted by Gasteiger charge is 2.24. The first-order valence-electron chi connectivity index (χ1n) is 9.96. The molecule has 7 nitrogen and oxygen atoms in total. The Balaban J connectivity index is 1.66. The van der Waals surface area contributed by atoms with Gasteiger partial charge in [0, 0.05) is 64.0 Å². The number of carbonyl (C=O) groups excluding carboxylic acids is 1. The highest BCUT2D eigenvalue weighted by atomic mass is 16.2. The number of aromatic nitrogens is 2. The van der Waals surface area contributed by atoms with Gasteiger partial charge in [-0.3, -0.25) is 4.79 Å². The van der Waals surface area contributed by atoms with Crippen LogP contribution in [0.5, 0.6) is 0 Å². The van der Waals surface area contributed by atoms with Gasteiger partial charge in [0.15, 0.2) is 5.82 Å². The quantitative estimate of drug-likeness (QED) is 0.800. The molecule has 0 unspecified atom stereocenters. The van der Waals surface area contributed by atoms with Crippen LogP contribution in [0.15, 0.2) is 36.4 Å². The second-order valence-corrected chi connectivity index (χ2v) is 7.69. The molecule has 28 heavy (non-hydrogen) atoms. The molecule has 0 saturated carbocycles. The summed E-state index contributed by atoms with van der Waals surface area (Å²) in [6, 6.07) is 11.8. The van der Waals surface area contributed by atoms with Crippen LogP contribution < -0.4 is 4.90 Å². The molecular formula is C21H28N6O. The normalized spacial score (nSPS) is 19.1. The molecule has 0 atom stereocenters. The van der Waals surface area contributed by atoms with Crippen molar-refractivity contribution in [3.63, 3.8) is 0 Å². The van der Waals surface area contributed by atoms with Gasteiger partial charge in [0.1, 0.15) is 11.5 Å². The van der Waals surface area contributed by atoms with E-state index in [2.05, 4.69) is 33.8 Å². The standard InChI is InChI=1S/C21H28N6O/c1-24-8-12-26(13-9-24)19-16-18(21(28)27-14-10-25(2)11-15-27)22-20(23-19)17-6-4-3-5-7-17/h3-7,16H,8-15H2,1-2H3. The van der Waals surface area contributed by atoms with Gasteiger partial charge in [-0.25, -0.2) is 9.97 Å². The lowest BCUT2D eigenvalue weighted by Crippen LogP contribution is -2.47. The van der Waals surface area contributed by atoms with Gasteiger partial charge in [-0.1, -0.05) is 30.3 Å². The highest BCUT2D eigenvalue weighted by Crippen LogP contribution is 2.22. The molecule has 0 N–H and O–H groups in total. The van der Waals surface area contributed by atoms with E-state index in [9.17, 15) is 4.79 Å². The Kier molecular flexibility index (Phi) is 5.54. The zero-order chi connectivity index (χ0) is 19.5. The molecule has 1 amide bonds. The van der Waals surface area contributed by atoms with Crippen LogP contribution in [0.25, 0.3) is 11.4 Å². The lowest BCUT2D eigenvalue weighted by atomic mass is 10.2. The van der Waals surface area contributed by atoms with E-state index in [0.717, 1.165) is 63.7 Å². The van der Waals surface area contributed by atoms with E-state index in [1.54, 1.807) is 0 Å². The first-order chi connectivity index (χ1) is 13.6. The number of rotatable bonds is 3. The van der Waals surface area contributed by atoms with E-state index >= 15 is 0 Å². The zero-order valence-corrected chi connectivity index (χ0v) is 16.7. The molecule has 2 aliphatic heterocycles. The van der Waals surface area contributed by atoms with Crippen molar-refractivity contribution in [1.82, 2.24) is 24.7 Å². The van der Waals surface area contributed by atoms with E-state index in [1.165, 1.54) is 0 Å². The van der Waals surface area contributed by atoms with E-state index in [0.29, 0.717) is 11.5 Å². The molecule has 3 heterocycles. The third-order valence-corrected chi connectivity index (χ3v) is 5.58. The Morgan fingerprint density at radius 3 is 2.07 bits per heavy atom. The van der Waals surface area contributed by atoms with Gasteiger partial charge in [-0.05, 0) is 14.1 Å². The molecule has 0 aliphatic carbocycles. The summed E-state index contributed by atoms with van der Waals surface area (Å²) >= 11 is 0. The second kappa shape index (κ2) is 8.24. The predicted octanol–water partition coefficient (Wildman–Crippen LogP) is 1.28. The van der Waals surface area contributed by atoms with Crippen molar-refractivity contribution in [2.45, 2.75) is 0 Å². The highest BCUT2D eigenvalue weighted by molar-refractivity contribution is 5.93. The summed E-state index contributed by atoms with van der Waals surface area (Å²) in [5.41, 5.74) is 1.43. The minimum atomic E-state index is 0.00283. The molecule has 0 spiro atoms. The Bertz CT molecular complexity index is 811. The van der Waals surface area contributed by atoms with E-state index in [-0.39, 0.29) is 5.91 Å². The first kappa shape index (κ1) is 18.8. The van der Waals surface area contributed by atoms with Crippen LogP contribution in [0.1, 0.15) is 10.5 Å². The Morgan fingerprint density at radius 1 is 0.821 bits per heavy atom. The van der Waals surface area contributed by atoms with Crippen LogP contribution in [-0.4, -0.2) is 97.0 Å². The summed E-state index contributed by atoms with van der Waals surface area (Å²) in [6.45, 7) is 7.07. The first-order valence-corrected chi connectivity index (χ1v) is 9.96. The van der Waals surface area contributed by atoms with Crippen LogP contribution in [0.3, 0.4) is 0 Å². The second-order valence-electron chi connectivity index (χ2n) is 7.69. The number of benzene rings is 1. The van der Waals surface area contributed by atoms with Crippen LogP contribution in [-0.2, 0) is 0 Å². The van der Waals surface area contributed by atoms with Crippen molar-refractivity contribution in [3.05, 3.63) is 42.1 Å². The van der Waals surface area contributed by atoms with Gasteiger partial charge in [-0.15, -0.1) is 0 Å². The summed E-state index contributed by atoms with van der Waals surface area (Å²) in [7, 11) is 4.22. The van der Waals surface area contributed by atoms with Crippen molar-refractivity contribution < 1.29 is 4.79 Å². The third kappa shape index (κ3) is 4.15. The fourth-order valence-electron chi connectivity index (χ4n) is 3.63. The predicted molar refractivity (Wildman–Crippen MR) is 111 cm³/mol. The molecule has 2 aliphatic rings. The molecular weight excluding hydrogens is 352 g/mol. The molecule has 1 aromatic heterocycles. The van der Waals surface area contributed by atoms with Crippen molar-refractivity contribution >= 4 is 11.7 Å². The SMILES string of the molecule is CN1CCN(C(=O)c2cc(N3CCN(C)CC3)nc(-c3ccccc3)n2)CC1. The number of likely N-dealkylation sites (N-methyl/N-ethyl adjacent to an activating group) is 2. The number of hydrogen-bond acceptors (Lipinski definition) is 6. The average Bonchev–Trinajstić information content (AvgIpc) is 2.74. The lowest BCUT2D eigenvalue weighted by Gasteiger charge is -2.34. The van der Waals surface area contributed by atoms with E-state index < -0.39 is 0 Å². The smallest absolute Gasteiger partial charge is 0.272 e. The van der Waals surface area contributed by atoms with Crippen molar-refractivity contribution in [2.24, 2.45) is 0 Å². The molecule has 2 fully saturated rings. The van der Waals surface area contributed by atoms with Crippen molar-refractivity contribution in [1.29, 1.82) is 0 Å². The summed E-state index contributed by atoms with van der Waals surface area (Å²) in [5.74, 6) is 1.47. The number of carbonyl (C=O) groups is 1. The Hall–Kier alpha value is -2.51. The van der Waals surface area contributed by atoms with Crippen LogP contribution in [0, 0.1) is 0 Å². The van der Waals surface area contributed by atoms with Gasteiger partial charge in [0.25, 0.3) is 5.91 Å². The van der Waals surface area contributed by atoms with Gasteiger partial charge in [-0.2, -0.15) is 0 Å². The lowest BCUT2D eigenvalue weighted by molar-refractivity contribution is 0.0658. The number of piperazine rings is 2. The number of anilines is 1. The molecule has 2 aromatic rings. The Morgan fingerprint density at radius 2 is 1.43 bits per heavy atom. The maximum Gasteiger partial charge on any atom is 0.272 e. The van der Waals surface area contributed by atoms with Crippen LogP contribution in [0.2, 0.25) is 0 Å². The topological polar surface area (TPSA) is 55.8 Å². The van der Waals surface area contributed by atoms with E-state index in [1.807, 2.05) is 41.3 Å². The van der Waals surface area contributed by atoms with Gasteiger partial charge in [0.2, 0.25) is 0 Å². The Labute approximate surface area is 166 Å². The molecule has 0 radical (unpaired) electrons. The van der Waals surface area contributed by atoms with Gasteiger partial charge >= 0.3 is 0 Å². The maximum absolute atomic E-state index is 13.2. The maximum atomic E-state index is 13.2. The van der Waals surface area contributed by atoms with Crippen molar-refractivity contribution in [3.8, 4) is 11.4 Å². The molecule has 7 heteroatoms. The molecule has 4 rings (SSSR count). The van der Waals surface area contributed by atoms with Crippen LogP contribution in [0.4, 0.5) is 5.82 Å². The number of nitrogens with zero attached hydrogens (tertiary/aromatic N) is 6. The fraction of sp³-hybridized carbons (Fsp3) is 0.476. The monoisotopic (exact) mass is 380 g/mol. The van der Waals surface area contributed by atoms with E-state index in [4.69, 9.17) is 4.98 Å². The van der Waals surface area contributed by atoms with Crippen LogP contribution >= 0.6 is 0 Å².